The van der Waals surface area contributed by atoms with Crippen LogP contribution in [0.1, 0.15) is 12.8 Å². The van der Waals surface area contributed by atoms with Crippen LogP contribution in [0.4, 0.5) is 0 Å². The van der Waals surface area contributed by atoms with Gasteiger partial charge in [-0.05, 0) is 28.8 Å². The number of hydrogen-bond donors (Lipinski definition) is 1. The number of aromatic nitrogens is 1. The summed E-state index contributed by atoms with van der Waals surface area (Å²) in [6.45, 7) is 0.989. The summed E-state index contributed by atoms with van der Waals surface area (Å²) < 4.78 is 25.8. The number of halogens is 1. The van der Waals surface area contributed by atoms with E-state index in [2.05, 4.69) is 20.9 Å². The van der Waals surface area contributed by atoms with Crippen molar-refractivity contribution in [2.45, 2.75) is 17.7 Å². The highest BCUT2D eigenvalue weighted by molar-refractivity contribution is 9.10. The Labute approximate surface area is 102 Å². The summed E-state index contributed by atoms with van der Waals surface area (Å²) in [5.74, 6) is 0. The third-order valence-electron chi connectivity index (χ3n) is 2.55. The molecule has 1 N–H and O–H groups in total. The number of hydrogen-bond acceptors (Lipinski definition) is 3. The summed E-state index contributed by atoms with van der Waals surface area (Å²) in [7, 11) is -3.63. The Morgan fingerprint density at radius 3 is 2.50 bits per heavy atom. The van der Waals surface area contributed by atoms with Crippen LogP contribution in [0.5, 0.6) is 0 Å². The van der Waals surface area contributed by atoms with Crippen molar-refractivity contribution in [2.75, 3.05) is 13.1 Å². The Balaban J connectivity index is 2.51. The first kappa shape index (κ1) is 11.8. The number of nitrogens with zero attached hydrogens (tertiary/aromatic N) is 1. The largest absolute Gasteiger partial charge is 0.365 e. The minimum absolute atomic E-state index is 0.191. The number of pyridine rings is 1. The molecule has 1 saturated heterocycles. The third-order valence-corrected chi connectivity index (χ3v) is 5.04. The van der Waals surface area contributed by atoms with Crippen LogP contribution in [-0.2, 0) is 10.0 Å². The lowest BCUT2D eigenvalue weighted by Gasteiger charge is -2.14. The van der Waals surface area contributed by atoms with E-state index in [4.69, 9.17) is 0 Å². The maximum Gasteiger partial charge on any atom is 0.248 e. The second-order valence-electron chi connectivity index (χ2n) is 3.61. The first-order valence-corrected chi connectivity index (χ1v) is 7.13. The van der Waals surface area contributed by atoms with Crippen molar-refractivity contribution in [3.8, 4) is 0 Å². The zero-order valence-corrected chi connectivity index (χ0v) is 10.8. The molecular formula is C9H11BrN2O3S. The van der Waals surface area contributed by atoms with Gasteiger partial charge in [0.05, 0.1) is 4.47 Å². The van der Waals surface area contributed by atoms with E-state index >= 15 is 0 Å². The molecule has 1 aromatic rings. The molecule has 0 saturated carbocycles. The number of H-pyrrole nitrogens is 1. The zero-order chi connectivity index (χ0) is 11.8. The molecule has 1 aliphatic rings. The average Bonchev–Trinajstić information content (AvgIpc) is 2.75. The molecule has 0 bridgehead atoms. The molecule has 0 spiro atoms. The number of sulfonamides is 1. The molecule has 16 heavy (non-hydrogen) atoms. The van der Waals surface area contributed by atoms with E-state index in [0.717, 1.165) is 12.8 Å². The van der Waals surface area contributed by atoms with Crippen molar-refractivity contribution in [1.82, 2.24) is 9.29 Å². The predicted molar refractivity (Wildman–Crippen MR) is 62.8 cm³/mol. The van der Waals surface area contributed by atoms with Crippen molar-refractivity contribution in [2.24, 2.45) is 0 Å². The summed E-state index contributed by atoms with van der Waals surface area (Å²) >= 11 is 3.02. The average molecular weight is 307 g/mol. The molecule has 0 radical (unpaired) electrons. The van der Waals surface area contributed by atoms with Crippen LogP contribution in [0.15, 0.2) is 26.6 Å². The van der Waals surface area contributed by atoms with Crippen molar-refractivity contribution in [1.29, 1.82) is 0 Å². The van der Waals surface area contributed by atoms with Crippen molar-refractivity contribution in [3.05, 3.63) is 27.1 Å². The van der Waals surface area contributed by atoms with E-state index in [9.17, 15) is 13.2 Å². The summed E-state index contributed by atoms with van der Waals surface area (Å²) in [4.78, 5) is 14.2. The van der Waals surface area contributed by atoms with Gasteiger partial charge in [0.25, 0.3) is 0 Å². The van der Waals surface area contributed by atoms with Crippen LogP contribution in [0.3, 0.4) is 0 Å². The molecule has 0 unspecified atom stereocenters. The number of rotatable bonds is 2. The van der Waals surface area contributed by atoms with Gasteiger partial charge in [0.1, 0.15) is 4.90 Å². The molecule has 2 heterocycles. The molecule has 0 amide bonds. The molecule has 1 fully saturated rings. The van der Waals surface area contributed by atoms with Gasteiger partial charge >= 0.3 is 0 Å². The highest BCUT2D eigenvalue weighted by Gasteiger charge is 2.29. The second kappa shape index (κ2) is 4.31. The minimum Gasteiger partial charge on any atom is -0.365 e. The maximum absolute atomic E-state index is 12.1. The molecule has 0 aliphatic carbocycles. The van der Waals surface area contributed by atoms with E-state index in [1.54, 1.807) is 0 Å². The van der Waals surface area contributed by atoms with Crippen molar-refractivity contribution < 1.29 is 8.42 Å². The molecule has 5 nitrogen and oxygen atoms in total. The van der Waals surface area contributed by atoms with Crippen molar-refractivity contribution in [3.63, 3.8) is 0 Å². The summed E-state index contributed by atoms with van der Waals surface area (Å²) in [5, 5.41) is 0. The van der Waals surface area contributed by atoms with Crippen molar-refractivity contribution >= 4 is 26.0 Å². The van der Waals surface area contributed by atoms with Crippen LogP contribution in [0.2, 0.25) is 0 Å². The van der Waals surface area contributed by atoms with Crippen LogP contribution >= 0.6 is 15.9 Å². The SMILES string of the molecule is O=c1c(Br)c[nH]cc1S(=O)(=O)N1CCCC1. The standard InChI is InChI=1S/C9H11BrN2O3S/c10-7-5-11-6-8(9(7)13)16(14,15)12-3-1-2-4-12/h5-6H,1-4H2,(H,11,13). The highest BCUT2D eigenvalue weighted by atomic mass is 79.9. The lowest BCUT2D eigenvalue weighted by molar-refractivity contribution is 0.476. The maximum atomic E-state index is 12.1. The van der Waals surface area contributed by atoms with Gasteiger partial charge in [0, 0.05) is 25.5 Å². The quantitative estimate of drug-likeness (QED) is 0.883. The van der Waals surface area contributed by atoms with Crippen LogP contribution in [0, 0.1) is 0 Å². The second-order valence-corrected chi connectivity index (χ2v) is 6.37. The Morgan fingerprint density at radius 1 is 1.25 bits per heavy atom. The van der Waals surface area contributed by atoms with Gasteiger partial charge < -0.3 is 4.98 Å². The molecule has 88 valence electrons. The Morgan fingerprint density at radius 2 is 1.88 bits per heavy atom. The molecular weight excluding hydrogens is 296 g/mol. The summed E-state index contributed by atoms with van der Waals surface area (Å²) in [5.41, 5.74) is -0.495. The van der Waals surface area contributed by atoms with Gasteiger partial charge in [-0.25, -0.2) is 8.42 Å². The topological polar surface area (TPSA) is 70.2 Å². The predicted octanol–water partition coefficient (Wildman–Crippen LogP) is 0.922. The molecule has 0 aromatic carbocycles. The molecule has 7 heteroatoms. The Hall–Kier alpha value is -0.660. The van der Waals surface area contributed by atoms with E-state index in [0.29, 0.717) is 13.1 Å². The van der Waals surface area contributed by atoms with E-state index in [1.807, 2.05) is 0 Å². The molecule has 0 atom stereocenters. The van der Waals surface area contributed by atoms with E-state index < -0.39 is 15.5 Å². The molecule has 2 rings (SSSR count). The summed E-state index contributed by atoms with van der Waals surface area (Å²) in [6, 6.07) is 0. The van der Waals surface area contributed by atoms with Gasteiger partial charge in [-0.1, -0.05) is 0 Å². The fourth-order valence-electron chi connectivity index (χ4n) is 1.70. The highest BCUT2D eigenvalue weighted by Crippen LogP contribution is 2.18. The van der Waals surface area contributed by atoms with Gasteiger partial charge in [0.2, 0.25) is 15.5 Å². The van der Waals surface area contributed by atoms with Gasteiger partial charge in [-0.2, -0.15) is 4.31 Å². The van der Waals surface area contributed by atoms with E-state index in [-0.39, 0.29) is 9.37 Å². The first-order chi connectivity index (χ1) is 7.53. The monoisotopic (exact) mass is 306 g/mol. The van der Waals surface area contributed by atoms with Crippen LogP contribution in [-0.4, -0.2) is 30.8 Å². The normalized spacial score (nSPS) is 17.8. The Kier molecular flexibility index (Phi) is 3.18. The fourth-order valence-corrected chi connectivity index (χ4v) is 3.75. The lowest BCUT2D eigenvalue weighted by atomic mass is 10.4. The lowest BCUT2D eigenvalue weighted by Crippen LogP contribution is -2.31. The third kappa shape index (κ3) is 1.94. The van der Waals surface area contributed by atoms with Gasteiger partial charge in [-0.3, -0.25) is 4.79 Å². The number of aromatic amines is 1. The van der Waals surface area contributed by atoms with E-state index in [1.165, 1.54) is 16.7 Å². The first-order valence-electron chi connectivity index (χ1n) is 4.90. The van der Waals surface area contributed by atoms with Gasteiger partial charge in [-0.15, -0.1) is 0 Å². The smallest absolute Gasteiger partial charge is 0.248 e. The van der Waals surface area contributed by atoms with Crippen LogP contribution < -0.4 is 5.43 Å². The Bertz CT molecular complexity index is 546. The molecule has 1 aromatic heterocycles. The van der Waals surface area contributed by atoms with Crippen LogP contribution in [0.25, 0.3) is 0 Å². The molecule has 1 aliphatic heterocycles. The zero-order valence-electron chi connectivity index (χ0n) is 8.44. The van der Waals surface area contributed by atoms with Gasteiger partial charge in [0.15, 0.2) is 0 Å². The summed E-state index contributed by atoms with van der Waals surface area (Å²) in [6.07, 6.45) is 4.36. The minimum atomic E-state index is -3.63. The fraction of sp³-hybridized carbons (Fsp3) is 0.444. The number of nitrogens with one attached hydrogen (secondary N) is 1.